The summed E-state index contributed by atoms with van der Waals surface area (Å²) in [7, 11) is 0. The van der Waals surface area contributed by atoms with Crippen LogP contribution in [0.4, 0.5) is 0 Å². The van der Waals surface area contributed by atoms with Gasteiger partial charge in [-0.3, -0.25) is 5.10 Å². The van der Waals surface area contributed by atoms with Gasteiger partial charge in [0.25, 0.3) is 0 Å². The molecule has 2 unspecified atom stereocenters. The molecule has 0 saturated carbocycles. The zero-order chi connectivity index (χ0) is 13.5. The van der Waals surface area contributed by atoms with Gasteiger partial charge in [-0.25, -0.2) is 0 Å². The summed E-state index contributed by atoms with van der Waals surface area (Å²) in [6.07, 6.45) is 7.84. The van der Waals surface area contributed by atoms with E-state index < -0.39 is 0 Å². The number of hydrogen-bond donors (Lipinski definition) is 2. The third-order valence-electron chi connectivity index (χ3n) is 4.81. The second kappa shape index (κ2) is 6.07. The molecule has 0 amide bonds. The van der Waals surface area contributed by atoms with E-state index in [2.05, 4.69) is 36.3 Å². The topological polar surface area (TPSA) is 40.7 Å². The summed E-state index contributed by atoms with van der Waals surface area (Å²) >= 11 is 0. The highest BCUT2D eigenvalue weighted by atomic mass is 35.5. The first-order valence-corrected chi connectivity index (χ1v) is 7.85. The van der Waals surface area contributed by atoms with E-state index in [1.807, 2.05) is 0 Å². The first kappa shape index (κ1) is 15.8. The number of H-pyrrole nitrogens is 1. The Bertz CT molecular complexity index is 441. The largest absolute Gasteiger partial charge is 0.314 e. The molecule has 1 saturated heterocycles. The van der Waals surface area contributed by atoms with Gasteiger partial charge in [-0.05, 0) is 50.1 Å². The SMILES string of the molecule is CC(C)(C)c1n[nH]c2c1CCC(C1CCCCN1)C2.Cl. The standard InChI is InChI=1S/C16H27N3.ClH/c1-16(2,3)15-12-8-7-11(10-14(12)18-19-15)13-6-4-5-9-17-13;/h11,13,17H,4-10H2,1-3H3,(H,18,19);1H. The zero-order valence-electron chi connectivity index (χ0n) is 13.0. The lowest BCUT2D eigenvalue weighted by Gasteiger charge is -2.34. The van der Waals surface area contributed by atoms with Crippen molar-refractivity contribution in [3.05, 3.63) is 17.0 Å². The van der Waals surface area contributed by atoms with Gasteiger partial charge in [0.1, 0.15) is 0 Å². The van der Waals surface area contributed by atoms with Crippen LogP contribution in [0.1, 0.15) is 63.4 Å². The molecule has 0 spiro atoms. The third-order valence-corrected chi connectivity index (χ3v) is 4.81. The van der Waals surface area contributed by atoms with Crippen LogP contribution in [0.25, 0.3) is 0 Å². The van der Waals surface area contributed by atoms with Gasteiger partial charge in [0, 0.05) is 17.2 Å². The van der Waals surface area contributed by atoms with E-state index in [4.69, 9.17) is 0 Å². The third kappa shape index (κ3) is 3.04. The lowest BCUT2D eigenvalue weighted by atomic mass is 9.77. The summed E-state index contributed by atoms with van der Waals surface area (Å²) in [5, 5.41) is 11.6. The molecule has 0 aromatic carbocycles. The molecule has 3 nitrogen and oxygen atoms in total. The summed E-state index contributed by atoms with van der Waals surface area (Å²) < 4.78 is 0. The van der Waals surface area contributed by atoms with E-state index in [0.29, 0.717) is 0 Å². The Morgan fingerprint density at radius 2 is 1.95 bits per heavy atom. The minimum absolute atomic E-state index is 0. The molecule has 20 heavy (non-hydrogen) atoms. The van der Waals surface area contributed by atoms with Crippen LogP contribution < -0.4 is 5.32 Å². The highest BCUT2D eigenvalue weighted by Gasteiger charge is 2.32. The summed E-state index contributed by atoms with van der Waals surface area (Å²) in [4.78, 5) is 0. The molecule has 3 rings (SSSR count). The molecule has 2 heterocycles. The Kier molecular flexibility index (Phi) is 4.80. The Morgan fingerprint density at radius 3 is 2.60 bits per heavy atom. The summed E-state index contributed by atoms with van der Waals surface area (Å²) in [6, 6.07) is 0.739. The van der Waals surface area contributed by atoms with Gasteiger partial charge in [-0.2, -0.15) is 5.10 Å². The zero-order valence-corrected chi connectivity index (χ0v) is 13.8. The van der Waals surface area contributed by atoms with Crippen molar-refractivity contribution < 1.29 is 0 Å². The second-order valence-corrected chi connectivity index (χ2v) is 7.34. The lowest BCUT2D eigenvalue weighted by Crippen LogP contribution is -2.42. The number of piperidine rings is 1. The van der Waals surface area contributed by atoms with Crippen LogP contribution in [0, 0.1) is 5.92 Å². The number of rotatable bonds is 1. The summed E-state index contributed by atoms with van der Waals surface area (Å²) in [5.41, 5.74) is 4.38. The van der Waals surface area contributed by atoms with Crippen LogP contribution in [0.5, 0.6) is 0 Å². The molecule has 4 heteroatoms. The Labute approximate surface area is 128 Å². The van der Waals surface area contributed by atoms with Crippen LogP contribution in [-0.2, 0) is 18.3 Å². The van der Waals surface area contributed by atoms with Crippen LogP contribution in [0.3, 0.4) is 0 Å². The minimum atomic E-state index is 0. The van der Waals surface area contributed by atoms with Gasteiger partial charge in [0.2, 0.25) is 0 Å². The van der Waals surface area contributed by atoms with E-state index in [-0.39, 0.29) is 17.8 Å². The van der Waals surface area contributed by atoms with Gasteiger partial charge in [0.05, 0.1) is 5.69 Å². The van der Waals surface area contributed by atoms with Gasteiger partial charge < -0.3 is 5.32 Å². The maximum Gasteiger partial charge on any atom is 0.0710 e. The Hall–Kier alpha value is -0.540. The normalized spacial score (nSPS) is 26.8. The molecule has 1 aliphatic carbocycles. The van der Waals surface area contributed by atoms with Crippen molar-refractivity contribution in [2.75, 3.05) is 6.54 Å². The maximum atomic E-state index is 4.60. The first-order chi connectivity index (χ1) is 9.05. The van der Waals surface area contributed by atoms with Crippen molar-refractivity contribution in [3.8, 4) is 0 Å². The fourth-order valence-corrected chi connectivity index (χ4v) is 3.78. The predicted octanol–water partition coefficient (Wildman–Crippen LogP) is 3.38. The van der Waals surface area contributed by atoms with Crippen molar-refractivity contribution >= 4 is 12.4 Å². The molecule has 2 N–H and O–H groups in total. The van der Waals surface area contributed by atoms with Crippen LogP contribution in [0.2, 0.25) is 0 Å². The molecule has 1 fully saturated rings. The quantitative estimate of drug-likeness (QED) is 0.834. The predicted molar refractivity (Wildman–Crippen MR) is 85.7 cm³/mol. The Balaban J connectivity index is 0.00000147. The molecule has 2 atom stereocenters. The van der Waals surface area contributed by atoms with Crippen LogP contribution in [0.15, 0.2) is 0 Å². The van der Waals surface area contributed by atoms with Gasteiger partial charge in [-0.1, -0.05) is 27.2 Å². The molecule has 2 aliphatic rings. The van der Waals surface area contributed by atoms with Crippen molar-refractivity contribution in [3.63, 3.8) is 0 Å². The molecule has 1 aromatic heterocycles. The lowest BCUT2D eigenvalue weighted by molar-refractivity contribution is 0.270. The van der Waals surface area contributed by atoms with Crippen LogP contribution >= 0.6 is 12.4 Å². The maximum absolute atomic E-state index is 4.60. The number of hydrogen-bond acceptors (Lipinski definition) is 2. The van der Waals surface area contributed by atoms with E-state index >= 15 is 0 Å². The summed E-state index contributed by atoms with van der Waals surface area (Å²) in [5.74, 6) is 0.807. The minimum Gasteiger partial charge on any atom is -0.314 e. The highest BCUT2D eigenvalue weighted by molar-refractivity contribution is 5.85. The molecular formula is C16H28ClN3. The van der Waals surface area contributed by atoms with Crippen molar-refractivity contribution in [2.45, 2.75) is 70.8 Å². The summed E-state index contributed by atoms with van der Waals surface area (Å²) in [6.45, 7) is 8.00. The second-order valence-electron chi connectivity index (χ2n) is 7.34. The number of nitrogens with one attached hydrogen (secondary N) is 2. The molecule has 0 bridgehead atoms. The molecule has 0 radical (unpaired) electrons. The van der Waals surface area contributed by atoms with Gasteiger partial charge in [0.15, 0.2) is 0 Å². The fourth-order valence-electron chi connectivity index (χ4n) is 3.78. The number of aromatic nitrogens is 2. The monoisotopic (exact) mass is 297 g/mol. The van der Waals surface area contributed by atoms with E-state index in [1.54, 1.807) is 0 Å². The van der Waals surface area contributed by atoms with E-state index in [9.17, 15) is 0 Å². The fraction of sp³-hybridized carbons (Fsp3) is 0.812. The van der Waals surface area contributed by atoms with Crippen LogP contribution in [-0.4, -0.2) is 22.8 Å². The first-order valence-electron chi connectivity index (χ1n) is 7.85. The average molecular weight is 298 g/mol. The molecular weight excluding hydrogens is 270 g/mol. The van der Waals surface area contributed by atoms with E-state index in [1.165, 1.54) is 62.0 Å². The number of halogens is 1. The van der Waals surface area contributed by atoms with Crippen molar-refractivity contribution in [1.82, 2.24) is 15.5 Å². The average Bonchev–Trinajstić information content (AvgIpc) is 2.82. The smallest absolute Gasteiger partial charge is 0.0710 e. The highest BCUT2D eigenvalue weighted by Crippen LogP contribution is 2.34. The van der Waals surface area contributed by atoms with Crippen molar-refractivity contribution in [2.24, 2.45) is 5.92 Å². The van der Waals surface area contributed by atoms with Crippen molar-refractivity contribution in [1.29, 1.82) is 0 Å². The Morgan fingerprint density at radius 1 is 1.15 bits per heavy atom. The van der Waals surface area contributed by atoms with E-state index in [0.717, 1.165) is 12.0 Å². The number of fused-ring (bicyclic) bond motifs is 1. The molecule has 1 aromatic rings. The number of nitrogens with zero attached hydrogens (tertiary/aromatic N) is 1. The van der Waals surface area contributed by atoms with Gasteiger partial charge >= 0.3 is 0 Å². The number of aromatic amines is 1. The van der Waals surface area contributed by atoms with Gasteiger partial charge in [-0.15, -0.1) is 12.4 Å². The molecule has 114 valence electrons. The molecule has 1 aliphatic heterocycles.